The van der Waals surface area contributed by atoms with Crippen molar-refractivity contribution in [2.45, 2.75) is 38.7 Å². The fourth-order valence-corrected chi connectivity index (χ4v) is 3.16. The minimum atomic E-state index is -0.857. The Morgan fingerprint density at radius 3 is 2.61 bits per heavy atom. The molecule has 1 atom stereocenters. The largest absolute Gasteiger partial charge is 0.388 e. The zero-order valence-corrected chi connectivity index (χ0v) is 13.7. The monoisotopic (exact) mass is 309 g/mol. The number of hydrogen-bond acceptors (Lipinski definition) is 2. The topological polar surface area (TPSA) is 49.3 Å². The van der Waals surface area contributed by atoms with Gasteiger partial charge < -0.3 is 10.4 Å². The fourth-order valence-electron chi connectivity index (χ4n) is 3.16. The van der Waals surface area contributed by atoms with Crippen molar-refractivity contribution in [1.29, 1.82) is 0 Å². The van der Waals surface area contributed by atoms with Gasteiger partial charge in [0.1, 0.15) is 0 Å². The van der Waals surface area contributed by atoms with E-state index in [4.69, 9.17) is 0 Å². The van der Waals surface area contributed by atoms with Crippen molar-refractivity contribution in [2.75, 3.05) is 6.54 Å². The highest BCUT2D eigenvalue weighted by molar-refractivity contribution is 5.94. The zero-order chi connectivity index (χ0) is 16.4. The molecule has 120 valence electrons. The number of fused-ring (bicyclic) bond motifs is 1. The van der Waals surface area contributed by atoms with Gasteiger partial charge >= 0.3 is 0 Å². The highest BCUT2D eigenvalue weighted by Crippen LogP contribution is 2.28. The average molecular weight is 309 g/mol. The first-order chi connectivity index (χ1) is 11.0. The molecule has 3 heteroatoms. The number of amides is 1. The molecular weight excluding hydrogens is 286 g/mol. The number of carbonyl (C=O) groups excluding carboxylic acids is 1. The summed E-state index contributed by atoms with van der Waals surface area (Å²) in [4.78, 5) is 12.3. The molecule has 0 spiro atoms. The SMILES string of the molecule is Cc1ccc(C(=O)NCC2(O)CCc3ccccc3C2)cc1C. The van der Waals surface area contributed by atoms with Crippen molar-refractivity contribution in [2.24, 2.45) is 0 Å². The Morgan fingerprint density at radius 1 is 1.13 bits per heavy atom. The lowest BCUT2D eigenvalue weighted by molar-refractivity contribution is 0.0260. The second-order valence-corrected chi connectivity index (χ2v) is 6.65. The average Bonchev–Trinajstić information content (AvgIpc) is 2.55. The van der Waals surface area contributed by atoms with Crippen LogP contribution in [0, 0.1) is 13.8 Å². The van der Waals surface area contributed by atoms with Gasteiger partial charge in [0.25, 0.3) is 5.91 Å². The second kappa shape index (κ2) is 6.17. The highest BCUT2D eigenvalue weighted by atomic mass is 16.3. The molecule has 0 bridgehead atoms. The molecule has 0 heterocycles. The van der Waals surface area contributed by atoms with Gasteiger partial charge in [-0.3, -0.25) is 4.79 Å². The van der Waals surface area contributed by atoms with Crippen LogP contribution >= 0.6 is 0 Å². The van der Waals surface area contributed by atoms with E-state index in [0.29, 0.717) is 18.4 Å². The first-order valence-corrected chi connectivity index (χ1v) is 8.11. The normalized spacial score (nSPS) is 20.0. The van der Waals surface area contributed by atoms with Crippen LogP contribution in [-0.4, -0.2) is 23.2 Å². The lowest BCUT2D eigenvalue weighted by Crippen LogP contribution is -2.46. The summed E-state index contributed by atoms with van der Waals surface area (Å²) in [5, 5.41) is 13.7. The van der Waals surface area contributed by atoms with E-state index >= 15 is 0 Å². The summed E-state index contributed by atoms with van der Waals surface area (Å²) in [6, 6.07) is 13.9. The van der Waals surface area contributed by atoms with Gasteiger partial charge in [0.2, 0.25) is 0 Å². The molecule has 1 aliphatic carbocycles. The maximum Gasteiger partial charge on any atom is 0.251 e. The standard InChI is InChI=1S/C20H23NO2/c1-14-7-8-17(11-15(14)2)19(22)21-13-20(23)10-9-16-5-3-4-6-18(16)12-20/h3-8,11,23H,9-10,12-13H2,1-2H3,(H,21,22). The van der Waals surface area contributed by atoms with Gasteiger partial charge in [-0.25, -0.2) is 0 Å². The Labute approximate surface area is 137 Å². The van der Waals surface area contributed by atoms with E-state index in [1.807, 2.05) is 44.2 Å². The number of aliphatic hydroxyl groups is 1. The Bertz CT molecular complexity index is 738. The van der Waals surface area contributed by atoms with Crippen molar-refractivity contribution in [3.63, 3.8) is 0 Å². The molecule has 0 radical (unpaired) electrons. The van der Waals surface area contributed by atoms with Crippen LogP contribution in [0.25, 0.3) is 0 Å². The van der Waals surface area contributed by atoms with Crippen LogP contribution in [0.1, 0.15) is 39.0 Å². The van der Waals surface area contributed by atoms with Gasteiger partial charge in [-0.15, -0.1) is 0 Å². The summed E-state index contributed by atoms with van der Waals surface area (Å²) in [5.41, 5.74) is 4.54. The van der Waals surface area contributed by atoms with Crippen molar-refractivity contribution in [3.8, 4) is 0 Å². The molecule has 1 aliphatic rings. The Hall–Kier alpha value is -2.13. The smallest absolute Gasteiger partial charge is 0.251 e. The molecule has 2 N–H and O–H groups in total. The first kappa shape index (κ1) is 15.8. The third-order valence-electron chi connectivity index (χ3n) is 4.84. The maximum absolute atomic E-state index is 12.3. The summed E-state index contributed by atoms with van der Waals surface area (Å²) in [5.74, 6) is -0.125. The number of rotatable bonds is 3. The summed E-state index contributed by atoms with van der Waals surface area (Å²) in [7, 11) is 0. The van der Waals surface area contributed by atoms with Crippen molar-refractivity contribution in [1.82, 2.24) is 5.32 Å². The lowest BCUT2D eigenvalue weighted by Gasteiger charge is -2.33. The molecule has 0 aromatic heterocycles. The van der Waals surface area contributed by atoms with Crippen LogP contribution in [0.15, 0.2) is 42.5 Å². The third-order valence-corrected chi connectivity index (χ3v) is 4.84. The van der Waals surface area contributed by atoms with Crippen molar-refractivity contribution < 1.29 is 9.90 Å². The lowest BCUT2D eigenvalue weighted by atomic mass is 9.80. The summed E-state index contributed by atoms with van der Waals surface area (Å²) < 4.78 is 0. The van der Waals surface area contributed by atoms with Gasteiger partial charge in [-0.05, 0) is 61.1 Å². The van der Waals surface area contributed by atoms with Crippen molar-refractivity contribution >= 4 is 5.91 Å². The molecular formula is C20H23NO2. The first-order valence-electron chi connectivity index (χ1n) is 8.11. The fraction of sp³-hybridized carbons (Fsp3) is 0.350. The number of hydrogen-bond donors (Lipinski definition) is 2. The van der Waals surface area contributed by atoms with Gasteiger partial charge in [-0.1, -0.05) is 30.3 Å². The van der Waals surface area contributed by atoms with Crippen LogP contribution < -0.4 is 5.32 Å². The minimum Gasteiger partial charge on any atom is -0.388 e. The minimum absolute atomic E-state index is 0.125. The summed E-state index contributed by atoms with van der Waals surface area (Å²) in [6.07, 6.45) is 2.12. The number of benzene rings is 2. The van der Waals surface area contributed by atoms with Crippen LogP contribution in [0.4, 0.5) is 0 Å². The van der Waals surface area contributed by atoms with E-state index in [1.54, 1.807) is 0 Å². The van der Waals surface area contributed by atoms with Gasteiger partial charge in [0, 0.05) is 18.5 Å². The Kier molecular flexibility index (Phi) is 4.22. The van der Waals surface area contributed by atoms with Crippen LogP contribution in [0.2, 0.25) is 0 Å². The molecule has 1 unspecified atom stereocenters. The summed E-state index contributed by atoms with van der Waals surface area (Å²) >= 11 is 0. The summed E-state index contributed by atoms with van der Waals surface area (Å²) in [6.45, 7) is 4.31. The molecule has 0 fully saturated rings. The molecule has 0 saturated carbocycles. The predicted molar refractivity (Wildman–Crippen MR) is 91.7 cm³/mol. The molecule has 0 saturated heterocycles. The van der Waals surface area contributed by atoms with Crippen LogP contribution in [0.3, 0.4) is 0 Å². The molecule has 0 aliphatic heterocycles. The Morgan fingerprint density at radius 2 is 1.87 bits per heavy atom. The van der Waals surface area contributed by atoms with E-state index in [-0.39, 0.29) is 12.5 Å². The highest BCUT2D eigenvalue weighted by Gasteiger charge is 2.32. The molecule has 1 amide bonds. The van der Waals surface area contributed by atoms with E-state index in [1.165, 1.54) is 16.7 Å². The zero-order valence-electron chi connectivity index (χ0n) is 13.7. The molecule has 2 aromatic carbocycles. The van der Waals surface area contributed by atoms with E-state index in [0.717, 1.165) is 12.0 Å². The number of nitrogens with one attached hydrogen (secondary N) is 1. The van der Waals surface area contributed by atoms with Crippen LogP contribution in [-0.2, 0) is 12.8 Å². The van der Waals surface area contributed by atoms with Gasteiger partial charge in [-0.2, -0.15) is 0 Å². The van der Waals surface area contributed by atoms with Crippen LogP contribution in [0.5, 0.6) is 0 Å². The van der Waals surface area contributed by atoms with Crippen molar-refractivity contribution in [3.05, 3.63) is 70.3 Å². The second-order valence-electron chi connectivity index (χ2n) is 6.65. The Balaban J connectivity index is 1.66. The van der Waals surface area contributed by atoms with Gasteiger partial charge in [0.15, 0.2) is 0 Å². The molecule has 2 aromatic rings. The maximum atomic E-state index is 12.3. The van der Waals surface area contributed by atoms with E-state index < -0.39 is 5.60 Å². The van der Waals surface area contributed by atoms with E-state index in [9.17, 15) is 9.90 Å². The number of carbonyl (C=O) groups is 1. The molecule has 3 rings (SSSR count). The number of aryl methyl sites for hydroxylation is 3. The third kappa shape index (κ3) is 3.45. The quantitative estimate of drug-likeness (QED) is 0.916. The van der Waals surface area contributed by atoms with E-state index in [2.05, 4.69) is 17.4 Å². The molecule has 3 nitrogen and oxygen atoms in total. The van der Waals surface area contributed by atoms with Gasteiger partial charge in [0.05, 0.1) is 5.60 Å². The predicted octanol–water partition coefficient (Wildman–Crippen LogP) is 2.95. The molecule has 23 heavy (non-hydrogen) atoms.